The lowest BCUT2D eigenvalue weighted by Crippen LogP contribution is -2.33. The predicted octanol–water partition coefficient (Wildman–Crippen LogP) is 3.36. The van der Waals surface area contributed by atoms with E-state index in [9.17, 15) is 0 Å². The third-order valence-electron chi connectivity index (χ3n) is 3.52. The van der Waals surface area contributed by atoms with Gasteiger partial charge < -0.3 is 10.1 Å². The maximum atomic E-state index is 5.42. The summed E-state index contributed by atoms with van der Waals surface area (Å²) in [7, 11) is 0. The summed E-state index contributed by atoms with van der Waals surface area (Å²) in [5, 5.41) is 3.68. The summed E-state index contributed by atoms with van der Waals surface area (Å²) in [6.45, 7) is 9.76. The maximum absolute atomic E-state index is 5.42. The molecule has 0 aromatic rings. The van der Waals surface area contributed by atoms with Crippen LogP contribution in [0.2, 0.25) is 0 Å². The molecule has 1 rings (SSSR count). The molecule has 2 nitrogen and oxygen atoms in total. The standard InChI is InChI=1S/C14H29NO/c1-4-9-14(3,10-6-11-16-5-2)12-15-13-7-8-13/h13,15H,4-12H2,1-3H3. The van der Waals surface area contributed by atoms with Crippen molar-refractivity contribution in [2.24, 2.45) is 5.41 Å². The van der Waals surface area contributed by atoms with Crippen molar-refractivity contribution >= 4 is 0 Å². The zero-order chi connectivity index (χ0) is 11.9. The molecule has 1 N–H and O–H groups in total. The summed E-state index contributed by atoms with van der Waals surface area (Å²) in [6.07, 6.45) is 7.90. The molecule has 0 spiro atoms. The summed E-state index contributed by atoms with van der Waals surface area (Å²) in [5.74, 6) is 0. The highest BCUT2D eigenvalue weighted by atomic mass is 16.5. The molecule has 1 fully saturated rings. The van der Waals surface area contributed by atoms with Crippen molar-refractivity contribution in [3.05, 3.63) is 0 Å². The second-order valence-electron chi connectivity index (χ2n) is 5.52. The fourth-order valence-electron chi connectivity index (χ4n) is 2.33. The van der Waals surface area contributed by atoms with Crippen LogP contribution in [0, 0.1) is 5.41 Å². The van der Waals surface area contributed by atoms with Crippen LogP contribution in [0.5, 0.6) is 0 Å². The Kier molecular flexibility index (Phi) is 6.37. The first-order chi connectivity index (χ1) is 7.70. The Balaban J connectivity index is 2.18. The topological polar surface area (TPSA) is 21.3 Å². The van der Waals surface area contributed by atoms with Crippen molar-refractivity contribution in [1.29, 1.82) is 0 Å². The van der Waals surface area contributed by atoms with E-state index in [-0.39, 0.29) is 0 Å². The minimum absolute atomic E-state index is 0.481. The molecule has 96 valence electrons. The molecule has 1 saturated carbocycles. The second kappa shape index (κ2) is 7.29. The van der Waals surface area contributed by atoms with Crippen LogP contribution >= 0.6 is 0 Å². The lowest BCUT2D eigenvalue weighted by atomic mass is 9.81. The fraction of sp³-hybridized carbons (Fsp3) is 1.00. The van der Waals surface area contributed by atoms with Crippen LogP contribution < -0.4 is 5.32 Å². The van der Waals surface area contributed by atoms with Gasteiger partial charge in [-0.25, -0.2) is 0 Å². The van der Waals surface area contributed by atoms with E-state index >= 15 is 0 Å². The molecule has 1 aliphatic carbocycles. The molecular weight excluding hydrogens is 198 g/mol. The number of ether oxygens (including phenoxy) is 1. The van der Waals surface area contributed by atoms with Crippen molar-refractivity contribution < 1.29 is 4.74 Å². The van der Waals surface area contributed by atoms with E-state index in [2.05, 4.69) is 26.1 Å². The van der Waals surface area contributed by atoms with Gasteiger partial charge in [0.1, 0.15) is 0 Å². The molecule has 1 atom stereocenters. The highest BCUT2D eigenvalue weighted by molar-refractivity contribution is 4.85. The van der Waals surface area contributed by atoms with Gasteiger partial charge in [-0.1, -0.05) is 20.3 Å². The molecule has 0 amide bonds. The second-order valence-corrected chi connectivity index (χ2v) is 5.52. The van der Waals surface area contributed by atoms with Crippen LogP contribution in [0.25, 0.3) is 0 Å². The van der Waals surface area contributed by atoms with Gasteiger partial charge >= 0.3 is 0 Å². The van der Waals surface area contributed by atoms with Gasteiger partial charge in [0.15, 0.2) is 0 Å². The van der Waals surface area contributed by atoms with E-state index in [0.29, 0.717) is 5.41 Å². The van der Waals surface area contributed by atoms with Crippen molar-refractivity contribution in [2.45, 2.75) is 65.3 Å². The Hall–Kier alpha value is -0.0800. The normalized spacial score (nSPS) is 19.7. The Morgan fingerprint density at radius 3 is 2.56 bits per heavy atom. The van der Waals surface area contributed by atoms with Crippen LogP contribution in [0.15, 0.2) is 0 Å². The van der Waals surface area contributed by atoms with Gasteiger partial charge in [-0.2, -0.15) is 0 Å². The molecule has 0 aromatic heterocycles. The average molecular weight is 227 g/mol. The largest absolute Gasteiger partial charge is 0.382 e. The monoisotopic (exact) mass is 227 g/mol. The number of hydrogen-bond acceptors (Lipinski definition) is 2. The lowest BCUT2D eigenvalue weighted by molar-refractivity contribution is 0.127. The first-order valence-corrected chi connectivity index (χ1v) is 7.01. The van der Waals surface area contributed by atoms with Gasteiger partial charge in [0.2, 0.25) is 0 Å². The van der Waals surface area contributed by atoms with Crippen LogP contribution in [0.1, 0.15) is 59.3 Å². The Morgan fingerprint density at radius 1 is 1.25 bits per heavy atom. The number of nitrogens with one attached hydrogen (secondary N) is 1. The van der Waals surface area contributed by atoms with Gasteiger partial charge in [0.25, 0.3) is 0 Å². The van der Waals surface area contributed by atoms with Gasteiger partial charge in [0.05, 0.1) is 0 Å². The third-order valence-corrected chi connectivity index (χ3v) is 3.52. The molecule has 2 heteroatoms. The summed E-state index contributed by atoms with van der Waals surface area (Å²) in [6, 6.07) is 0.836. The van der Waals surface area contributed by atoms with Crippen molar-refractivity contribution in [2.75, 3.05) is 19.8 Å². The van der Waals surface area contributed by atoms with Gasteiger partial charge in [0, 0.05) is 25.8 Å². The van der Waals surface area contributed by atoms with Crippen LogP contribution in [-0.4, -0.2) is 25.8 Å². The summed E-state index contributed by atoms with van der Waals surface area (Å²) >= 11 is 0. The zero-order valence-electron chi connectivity index (χ0n) is 11.3. The minimum Gasteiger partial charge on any atom is -0.382 e. The predicted molar refractivity (Wildman–Crippen MR) is 69.8 cm³/mol. The molecule has 0 saturated heterocycles. The van der Waals surface area contributed by atoms with Crippen LogP contribution in [-0.2, 0) is 4.74 Å². The Morgan fingerprint density at radius 2 is 2.00 bits per heavy atom. The smallest absolute Gasteiger partial charge is 0.0466 e. The lowest BCUT2D eigenvalue weighted by Gasteiger charge is -2.30. The Labute approximate surface area is 101 Å². The van der Waals surface area contributed by atoms with Crippen LogP contribution in [0.4, 0.5) is 0 Å². The molecule has 16 heavy (non-hydrogen) atoms. The molecule has 0 radical (unpaired) electrons. The van der Waals surface area contributed by atoms with Crippen molar-refractivity contribution in [3.63, 3.8) is 0 Å². The van der Waals surface area contributed by atoms with Crippen molar-refractivity contribution in [3.8, 4) is 0 Å². The highest BCUT2D eigenvalue weighted by Crippen LogP contribution is 2.30. The minimum atomic E-state index is 0.481. The molecule has 0 aliphatic heterocycles. The van der Waals surface area contributed by atoms with Gasteiger partial charge in [-0.15, -0.1) is 0 Å². The molecule has 0 heterocycles. The van der Waals surface area contributed by atoms with Gasteiger partial charge in [-0.3, -0.25) is 0 Å². The van der Waals surface area contributed by atoms with Crippen molar-refractivity contribution in [1.82, 2.24) is 5.32 Å². The fourth-order valence-corrected chi connectivity index (χ4v) is 2.33. The average Bonchev–Trinajstić information content (AvgIpc) is 3.06. The number of hydrogen-bond donors (Lipinski definition) is 1. The maximum Gasteiger partial charge on any atom is 0.0466 e. The molecule has 0 bridgehead atoms. The van der Waals surface area contributed by atoms with Gasteiger partial charge in [-0.05, 0) is 44.4 Å². The molecular formula is C14H29NO. The first-order valence-electron chi connectivity index (χ1n) is 7.01. The highest BCUT2D eigenvalue weighted by Gasteiger charge is 2.27. The molecule has 0 aromatic carbocycles. The van der Waals surface area contributed by atoms with E-state index in [1.54, 1.807) is 0 Å². The Bertz CT molecular complexity index is 180. The quantitative estimate of drug-likeness (QED) is 0.578. The molecule has 1 aliphatic rings. The van der Waals surface area contributed by atoms with E-state index in [0.717, 1.165) is 19.3 Å². The van der Waals surface area contributed by atoms with E-state index in [1.807, 2.05) is 0 Å². The summed E-state index contributed by atoms with van der Waals surface area (Å²) < 4.78 is 5.42. The zero-order valence-corrected chi connectivity index (χ0v) is 11.3. The van der Waals surface area contributed by atoms with E-state index in [4.69, 9.17) is 4.74 Å². The number of rotatable bonds is 10. The summed E-state index contributed by atoms with van der Waals surface area (Å²) in [4.78, 5) is 0. The van der Waals surface area contributed by atoms with Crippen LogP contribution in [0.3, 0.4) is 0 Å². The first kappa shape index (κ1) is 14.0. The van der Waals surface area contributed by atoms with E-state index < -0.39 is 0 Å². The SMILES string of the molecule is CCCC(C)(CCCOCC)CNC1CC1. The summed E-state index contributed by atoms with van der Waals surface area (Å²) in [5.41, 5.74) is 0.481. The third kappa shape index (κ3) is 5.86. The van der Waals surface area contributed by atoms with E-state index in [1.165, 1.54) is 45.1 Å². The molecule has 1 unspecified atom stereocenters.